The van der Waals surface area contributed by atoms with E-state index in [0.717, 1.165) is 6.42 Å². The summed E-state index contributed by atoms with van der Waals surface area (Å²) in [5.74, 6) is -0.555. The Labute approximate surface area is 93.6 Å². The highest BCUT2D eigenvalue weighted by molar-refractivity contribution is 7.80. The van der Waals surface area contributed by atoms with E-state index in [1.807, 2.05) is 6.92 Å². The average molecular weight is 233 g/mol. The topological polar surface area (TPSA) is 75.6 Å². The molecular weight excluding hydrogens is 218 g/mol. The largest absolute Gasteiger partial charge is 0.479 e. The third-order valence-corrected chi connectivity index (χ3v) is 2.81. The third kappa shape index (κ3) is 2.56. The number of alkyl carbamates (subject to hydrolysis) is 1. The van der Waals surface area contributed by atoms with Crippen LogP contribution in [0.1, 0.15) is 19.8 Å². The van der Waals surface area contributed by atoms with Crippen LogP contribution in [0.2, 0.25) is 0 Å². The quantitative estimate of drug-likeness (QED) is 0.617. The van der Waals surface area contributed by atoms with Crippen molar-refractivity contribution in [3.63, 3.8) is 0 Å². The fourth-order valence-electron chi connectivity index (χ4n) is 1.65. The predicted molar refractivity (Wildman–Crippen MR) is 57.1 cm³/mol. The van der Waals surface area contributed by atoms with Gasteiger partial charge in [-0.15, -0.1) is 0 Å². The Hall–Kier alpha value is -0.910. The molecule has 0 bridgehead atoms. The SMILES string of the molecule is CCC1CC1(NC(=O)OCCS)C(=O)O. The predicted octanol–water partition coefficient (Wildman–Crippen LogP) is 0.896. The van der Waals surface area contributed by atoms with Gasteiger partial charge in [0.25, 0.3) is 0 Å². The van der Waals surface area contributed by atoms with Crippen molar-refractivity contribution in [3.8, 4) is 0 Å². The summed E-state index contributed by atoms with van der Waals surface area (Å²) >= 11 is 3.88. The molecule has 6 heteroatoms. The van der Waals surface area contributed by atoms with E-state index in [2.05, 4.69) is 17.9 Å². The van der Waals surface area contributed by atoms with Gasteiger partial charge in [-0.25, -0.2) is 9.59 Å². The first-order valence-corrected chi connectivity index (χ1v) is 5.49. The molecule has 86 valence electrons. The van der Waals surface area contributed by atoms with Gasteiger partial charge >= 0.3 is 12.1 Å². The second kappa shape index (κ2) is 4.74. The number of aliphatic carboxylic acids is 1. The van der Waals surface area contributed by atoms with Gasteiger partial charge in [0.1, 0.15) is 12.1 Å². The normalized spacial score (nSPS) is 28.3. The number of carbonyl (C=O) groups excluding carboxylic acids is 1. The second-order valence-corrected chi connectivity index (χ2v) is 4.02. The van der Waals surface area contributed by atoms with Gasteiger partial charge in [-0.2, -0.15) is 12.6 Å². The van der Waals surface area contributed by atoms with Crippen molar-refractivity contribution in [1.82, 2.24) is 5.32 Å². The number of amides is 1. The highest BCUT2D eigenvalue weighted by atomic mass is 32.1. The van der Waals surface area contributed by atoms with Gasteiger partial charge < -0.3 is 15.2 Å². The number of hydrogen-bond donors (Lipinski definition) is 3. The number of nitrogens with one attached hydrogen (secondary N) is 1. The van der Waals surface area contributed by atoms with Crippen molar-refractivity contribution in [2.45, 2.75) is 25.3 Å². The van der Waals surface area contributed by atoms with Crippen LogP contribution in [0.5, 0.6) is 0 Å². The number of hydrogen-bond acceptors (Lipinski definition) is 4. The fraction of sp³-hybridized carbons (Fsp3) is 0.778. The van der Waals surface area contributed by atoms with E-state index >= 15 is 0 Å². The van der Waals surface area contributed by atoms with Crippen molar-refractivity contribution in [1.29, 1.82) is 0 Å². The van der Waals surface area contributed by atoms with Crippen LogP contribution in [0.25, 0.3) is 0 Å². The molecule has 0 radical (unpaired) electrons. The minimum absolute atomic E-state index is 0.0125. The summed E-state index contributed by atoms with van der Waals surface area (Å²) in [6, 6.07) is 0. The van der Waals surface area contributed by atoms with E-state index in [0.29, 0.717) is 12.2 Å². The molecule has 0 aromatic heterocycles. The maximum atomic E-state index is 11.2. The van der Waals surface area contributed by atoms with Crippen LogP contribution in [0, 0.1) is 5.92 Å². The van der Waals surface area contributed by atoms with Gasteiger partial charge in [-0.3, -0.25) is 0 Å². The van der Waals surface area contributed by atoms with E-state index in [1.165, 1.54) is 0 Å². The summed E-state index contributed by atoms with van der Waals surface area (Å²) in [6.07, 6.45) is 0.538. The molecule has 0 spiro atoms. The lowest BCUT2D eigenvalue weighted by Gasteiger charge is -2.14. The maximum absolute atomic E-state index is 11.2. The maximum Gasteiger partial charge on any atom is 0.408 e. The highest BCUT2D eigenvalue weighted by Gasteiger charge is 2.60. The molecule has 0 heterocycles. The van der Waals surface area contributed by atoms with Gasteiger partial charge in [0.05, 0.1) is 0 Å². The van der Waals surface area contributed by atoms with Gasteiger partial charge in [-0.1, -0.05) is 13.3 Å². The molecule has 2 N–H and O–H groups in total. The van der Waals surface area contributed by atoms with Crippen molar-refractivity contribution in [3.05, 3.63) is 0 Å². The van der Waals surface area contributed by atoms with Gasteiger partial charge in [0.15, 0.2) is 0 Å². The Balaban J connectivity index is 2.48. The standard InChI is InChI=1S/C9H15NO4S/c1-2-6-5-9(6,7(11)12)10-8(13)14-3-4-15/h6,15H,2-5H2,1H3,(H,10,13)(H,11,12). The van der Waals surface area contributed by atoms with Gasteiger partial charge in [-0.05, 0) is 12.3 Å². The van der Waals surface area contributed by atoms with Crippen molar-refractivity contribution < 1.29 is 19.4 Å². The van der Waals surface area contributed by atoms with E-state index in [-0.39, 0.29) is 12.5 Å². The smallest absolute Gasteiger partial charge is 0.408 e. The molecule has 2 atom stereocenters. The molecule has 1 fully saturated rings. The molecule has 1 amide bonds. The number of rotatable bonds is 5. The zero-order valence-corrected chi connectivity index (χ0v) is 9.42. The molecule has 1 saturated carbocycles. The number of ether oxygens (including phenoxy) is 1. The molecule has 5 nitrogen and oxygen atoms in total. The summed E-state index contributed by atoms with van der Waals surface area (Å²) in [6.45, 7) is 2.08. The van der Waals surface area contributed by atoms with E-state index in [1.54, 1.807) is 0 Å². The lowest BCUT2D eigenvalue weighted by atomic mass is 10.2. The lowest BCUT2D eigenvalue weighted by Crippen LogP contribution is -2.45. The minimum atomic E-state index is -1.09. The number of thiol groups is 1. The van der Waals surface area contributed by atoms with Crippen LogP contribution in [0.3, 0.4) is 0 Å². The van der Waals surface area contributed by atoms with E-state index in [9.17, 15) is 9.59 Å². The zero-order valence-electron chi connectivity index (χ0n) is 8.52. The fourth-order valence-corrected chi connectivity index (χ4v) is 1.74. The first kappa shape index (κ1) is 12.2. The zero-order chi connectivity index (χ0) is 11.5. The summed E-state index contributed by atoms with van der Waals surface area (Å²) in [5, 5.41) is 11.4. The molecule has 1 aliphatic carbocycles. The molecule has 1 aliphatic rings. The number of carboxylic acid groups (broad SMARTS) is 1. The summed E-state index contributed by atoms with van der Waals surface area (Å²) < 4.78 is 4.72. The second-order valence-electron chi connectivity index (χ2n) is 3.57. The summed E-state index contributed by atoms with van der Waals surface area (Å²) in [4.78, 5) is 22.2. The molecule has 2 unspecified atom stereocenters. The van der Waals surface area contributed by atoms with Crippen LogP contribution < -0.4 is 5.32 Å². The Morgan fingerprint density at radius 1 is 1.67 bits per heavy atom. The molecule has 1 rings (SSSR count). The molecule has 0 aliphatic heterocycles. The molecule has 15 heavy (non-hydrogen) atoms. The van der Waals surface area contributed by atoms with Crippen LogP contribution in [-0.4, -0.2) is 35.1 Å². The monoisotopic (exact) mass is 233 g/mol. The van der Waals surface area contributed by atoms with Crippen molar-refractivity contribution in [2.75, 3.05) is 12.4 Å². The molecular formula is C9H15NO4S. The average Bonchev–Trinajstić information content (AvgIpc) is 2.90. The number of carboxylic acids is 1. The van der Waals surface area contributed by atoms with Crippen molar-refractivity contribution >= 4 is 24.7 Å². The number of carbonyl (C=O) groups is 2. The third-order valence-electron chi connectivity index (χ3n) is 2.63. The molecule has 0 aromatic rings. The Morgan fingerprint density at radius 3 is 2.73 bits per heavy atom. The molecule has 0 aromatic carbocycles. The van der Waals surface area contributed by atoms with Crippen molar-refractivity contribution in [2.24, 2.45) is 5.92 Å². The van der Waals surface area contributed by atoms with Crippen LogP contribution >= 0.6 is 12.6 Å². The highest BCUT2D eigenvalue weighted by Crippen LogP contribution is 2.45. The first-order valence-electron chi connectivity index (χ1n) is 4.86. The van der Waals surface area contributed by atoms with E-state index in [4.69, 9.17) is 9.84 Å². The van der Waals surface area contributed by atoms with E-state index < -0.39 is 17.6 Å². The Bertz CT molecular complexity index is 271. The van der Waals surface area contributed by atoms with Gasteiger partial charge in [0, 0.05) is 5.75 Å². The van der Waals surface area contributed by atoms with Crippen LogP contribution in [0.4, 0.5) is 4.79 Å². The van der Waals surface area contributed by atoms with Gasteiger partial charge in [0.2, 0.25) is 0 Å². The van der Waals surface area contributed by atoms with Crippen LogP contribution in [0.15, 0.2) is 0 Å². The molecule has 0 saturated heterocycles. The Morgan fingerprint density at radius 2 is 2.33 bits per heavy atom. The first-order chi connectivity index (χ1) is 7.06. The summed E-state index contributed by atoms with van der Waals surface area (Å²) in [7, 11) is 0. The van der Waals surface area contributed by atoms with Crippen LogP contribution in [-0.2, 0) is 9.53 Å². The Kier molecular flexibility index (Phi) is 3.84. The lowest BCUT2D eigenvalue weighted by molar-refractivity contribution is -0.141. The minimum Gasteiger partial charge on any atom is -0.479 e. The summed E-state index contributed by atoms with van der Waals surface area (Å²) in [5.41, 5.74) is -1.09.